The molecule has 4 rings (SSSR count). The minimum absolute atomic E-state index is 0.0315. The average Bonchev–Trinajstić information content (AvgIpc) is 2.96. The number of carbonyl (C=O) groups is 1. The van der Waals surface area contributed by atoms with Crippen molar-refractivity contribution in [3.05, 3.63) is 40.3 Å². The van der Waals surface area contributed by atoms with Gasteiger partial charge in [0, 0.05) is 24.5 Å². The highest BCUT2D eigenvalue weighted by molar-refractivity contribution is 5.91. The van der Waals surface area contributed by atoms with Crippen molar-refractivity contribution >= 4 is 39.7 Å². The van der Waals surface area contributed by atoms with Crippen LogP contribution < -0.4 is 29.8 Å². The first-order valence-corrected chi connectivity index (χ1v) is 13.0. The molecule has 0 unspecified atom stereocenters. The molecule has 3 N–H and O–H groups in total. The van der Waals surface area contributed by atoms with Crippen molar-refractivity contribution in [3.8, 4) is 23.0 Å². The highest BCUT2D eigenvalue weighted by Gasteiger charge is 2.42. The van der Waals surface area contributed by atoms with E-state index in [9.17, 15) is 22.8 Å². The lowest BCUT2D eigenvalue weighted by Crippen LogP contribution is -2.31. The second kappa shape index (κ2) is 13.1. The van der Waals surface area contributed by atoms with Gasteiger partial charge in [0.15, 0.2) is 23.0 Å². The molecule has 4 aromatic rings. The fraction of sp³-hybridized carbons (Fsp3) is 0.370. The number of nitrogens with zero attached hydrogens (tertiary/aromatic N) is 4. The van der Waals surface area contributed by atoms with Crippen molar-refractivity contribution in [2.45, 2.75) is 20.0 Å². The molecule has 0 atom stereocenters. The average molecular weight is 607 g/mol. The number of rotatable bonds is 12. The summed E-state index contributed by atoms with van der Waals surface area (Å²) >= 11 is 0. The molecule has 2 aromatic heterocycles. The Balaban J connectivity index is 1.71. The van der Waals surface area contributed by atoms with Crippen LogP contribution in [0, 0.1) is 6.92 Å². The largest absolute Gasteiger partial charge is 0.493 e. The fourth-order valence-electron chi connectivity index (χ4n) is 4.23. The number of fused-ring (bicyclic) bond motifs is 2. The van der Waals surface area contributed by atoms with Gasteiger partial charge >= 0.3 is 12.1 Å². The number of methoxy groups -OCH3 is 2. The number of anilines is 2. The van der Waals surface area contributed by atoms with Crippen LogP contribution in [0.5, 0.6) is 23.0 Å². The number of esters is 1. The van der Waals surface area contributed by atoms with Gasteiger partial charge in [-0.1, -0.05) is 6.92 Å². The molecule has 0 spiro atoms. The summed E-state index contributed by atoms with van der Waals surface area (Å²) < 4.78 is 60.2. The van der Waals surface area contributed by atoms with Gasteiger partial charge in [0.2, 0.25) is 11.9 Å². The van der Waals surface area contributed by atoms with E-state index in [0.29, 0.717) is 47.7 Å². The molecule has 0 aliphatic carbocycles. The minimum Gasteiger partial charge on any atom is -0.493 e. The van der Waals surface area contributed by atoms with Crippen LogP contribution in [0.2, 0.25) is 0 Å². The number of likely N-dealkylation sites (N-methyl/N-ethyl adjacent to an activating group) is 1. The second-order valence-corrected chi connectivity index (χ2v) is 9.08. The van der Waals surface area contributed by atoms with E-state index < -0.39 is 28.8 Å². The maximum atomic E-state index is 13.2. The lowest BCUT2D eigenvalue weighted by atomic mass is 10.1. The van der Waals surface area contributed by atoms with Gasteiger partial charge in [0.05, 0.1) is 37.6 Å². The number of aromatic nitrogens is 4. The van der Waals surface area contributed by atoms with Crippen molar-refractivity contribution in [1.82, 2.24) is 24.8 Å². The van der Waals surface area contributed by atoms with E-state index in [1.54, 1.807) is 19.1 Å². The van der Waals surface area contributed by atoms with Crippen LogP contribution in [0.25, 0.3) is 21.8 Å². The first-order chi connectivity index (χ1) is 20.5. The molecule has 0 saturated carbocycles. The Bertz CT molecular complexity index is 1700. The molecule has 2 aromatic carbocycles. The van der Waals surface area contributed by atoms with Crippen LogP contribution >= 0.6 is 0 Å². The summed E-state index contributed by atoms with van der Waals surface area (Å²) in [5.41, 5.74) is 0.0603. The highest BCUT2D eigenvalue weighted by atomic mass is 19.4. The number of aryl methyl sites for hydroxylation is 1. The normalized spacial score (nSPS) is 11.7. The maximum Gasteiger partial charge on any atom is 0.491 e. The van der Waals surface area contributed by atoms with Crippen LogP contribution in [0.4, 0.5) is 25.1 Å². The zero-order chi connectivity index (χ0) is 31.3. The summed E-state index contributed by atoms with van der Waals surface area (Å²) in [6, 6.07) is 5.96. The molecule has 0 aliphatic rings. The summed E-state index contributed by atoms with van der Waals surface area (Å²) in [4.78, 5) is 42.3. The molecule has 43 heavy (non-hydrogen) atoms. The van der Waals surface area contributed by atoms with Gasteiger partial charge < -0.3 is 24.1 Å². The first-order valence-electron chi connectivity index (χ1n) is 13.0. The molecule has 0 aliphatic heterocycles. The van der Waals surface area contributed by atoms with Crippen molar-refractivity contribution in [2.75, 3.05) is 52.4 Å². The number of alkyl halides is 3. The lowest BCUT2D eigenvalue weighted by Gasteiger charge is -2.20. The maximum absolute atomic E-state index is 13.2. The summed E-state index contributed by atoms with van der Waals surface area (Å²) in [6.45, 7) is 4.72. The van der Waals surface area contributed by atoms with Gasteiger partial charge in [0.25, 0.3) is 5.56 Å². The molecule has 230 valence electrons. The summed E-state index contributed by atoms with van der Waals surface area (Å²) in [7, 11) is 2.98. The molecular formula is C27H29F3N6O7. The third-order valence-electron chi connectivity index (χ3n) is 6.37. The van der Waals surface area contributed by atoms with Crippen molar-refractivity contribution in [3.63, 3.8) is 0 Å². The SMILES string of the molecule is CCN(CCO)CCOc1ccc2nc(Nc3nc(C)c4cc(OC)c(OC)cc4n3)[nH]c(=O)c2c1OC(=O)C(F)(F)F. The van der Waals surface area contributed by atoms with Gasteiger partial charge in [-0.2, -0.15) is 13.2 Å². The van der Waals surface area contributed by atoms with Crippen LogP contribution in [-0.4, -0.2) is 89.2 Å². The molecule has 0 saturated heterocycles. The number of aromatic amines is 1. The molecule has 0 amide bonds. The number of halogens is 3. The summed E-state index contributed by atoms with van der Waals surface area (Å²) in [5.74, 6) is -2.67. The predicted molar refractivity (Wildman–Crippen MR) is 149 cm³/mol. The number of nitrogens with one attached hydrogen (secondary N) is 2. The lowest BCUT2D eigenvalue weighted by molar-refractivity contribution is -0.189. The van der Waals surface area contributed by atoms with Gasteiger partial charge in [-0.3, -0.25) is 20.0 Å². The third-order valence-corrected chi connectivity index (χ3v) is 6.37. The standard InChI is InChI=1S/C27H29F3N6O7/c1-5-36(8-10-37)9-11-42-18-7-6-16-21(22(18)43-24(39)27(28,29)30)23(38)34-26(32-16)35-25-31-14(2)15-12-19(40-3)20(41-4)13-17(15)33-25/h6-7,12-13,37H,5,8-11H2,1-4H3,(H2,31,32,33,34,35,38). The van der Waals surface area contributed by atoms with Gasteiger partial charge in [-0.05, 0) is 31.7 Å². The number of benzene rings is 2. The summed E-state index contributed by atoms with van der Waals surface area (Å²) in [6.07, 6.45) is -5.33. The number of H-pyrrole nitrogens is 1. The minimum atomic E-state index is -5.33. The predicted octanol–water partition coefficient (Wildman–Crippen LogP) is 3.10. The monoisotopic (exact) mass is 606 g/mol. The van der Waals surface area contributed by atoms with E-state index in [0.717, 1.165) is 0 Å². The Morgan fingerprint density at radius 3 is 2.42 bits per heavy atom. The smallest absolute Gasteiger partial charge is 0.491 e. The zero-order valence-electron chi connectivity index (χ0n) is 23.7. The van der Waals surface area contributed by atoms with E-state index in [1.165, 1.54) is 26.4 Å². The zero-order valence-corrected chi connectivity index (χ0v) is 23.7. The number of carbonyl (C=O) groups excluding carboxylic acids is 1. The van der Waals surface area contributed by atoms with Crippen LogP contribution in [0.1, 0.15) is 12.6 Å². The number of hydrogen-bond donors (Lipinski definition) is 3. The molecule has 16 heteroatoms. The molecule has 2 heterocycles. The van der Waals surface area contributed by atoms with Gasteiger partial charge in [-0.25, -0.2) is 19.7 Å². The number of hydrogen-bond acceptors (Lipinski definition) is 12. The quantitative estimate of drug-likeness (QED) is 0.160. The van der Waals surface area contributed by atoms with Crippen LogP contribution in [0.15, 0.2) is 29.1 Å². The van der Waals surface area contributed by atoms with Crippen LogP contribution in [-0.2, 0) is 4.79 Å². The Labute approximate surface area is 242 Å². The first kappa shape index (κ1) is 31.2. The highest BCUT2D eigenvalue weighted by Crippen LogP contribution is 2.36. The number of aliphatic hydroxyl groups is 1. The van der Waals surface area contributed by atoms with E-state index >= 15 is 0 Å². The summed E-state index contributed by atoms with van der Waals surface area (Å²) in [5, 5.41) is 12.2. The Kier molecular flexibility index (Phi) is 9.50. The third kappa shape index (κ3) is 7.03. The van der Waals surface area contributed by atoms with Crippen LogP contribution in [0.3, 0.4) is 0 Å². The van der Waals surface area contributed by atoms with E-state index in [4.69, 9.17) is 19.3 Å². The Hall–Kier alpha value is -4.70. The molecule has 0 fully saturated rings. The fourth-order valence-corrected chi connectivity index (χ4v) is 4.23. The Morgan fingerprint density at radius 1 is 1.05 bits per heavy atom. The molecule has 0 bridgehead atoms. The van der Waals surface area contributed by atoms with E-state index in [1.807, 2.05) is 11.8 Å². The van der Waals surface area contributed by atoms with E-state index in [2.05, 4.69) is 30.0 Å². The molecule has 0 radical (unpaired) electrons. The molecular weight excluding hydrogens is 577 g/mol. The number of aliphatic hydroxyl groups excluding tert-OH is 1. The van der Waals surface area contributed by atoms with Gasteiger partial charge in [0.1, 0.15) is 12.0 Å². The van der Waals surface area contributed by atoms with Crippen molar-refractivity contribution < 1.29 is 42.0 Å². The number of ether oxygens (including phenoxy) is 4. The second-order valence-electron chi connectivity index (χ2n) is 9.08. The topological polar surface area (TPSA) is 161 Å². The van der Waals surface area contributed by atoms with Gasteiger partial charge in [-0.15, -0.1) is 0 Å². The van der Waals surface area contributed by atoms with E-state index in [-0.39, 0.29) is 36.4 Å². The van der Waals surface area contributed by atoms with Crippen molar-refractivity contribution in [1.29, 1.82) is 0 Å². The van der Waals surface area contributed by atoms with Crippen molar-refractivity contribution in [2.24, 2.45) is 0 Å². The Morgan fingerprint density at radius 2 is 1.77 bits per heavy atom. The molecule has 13 nitrogen and oxygen atoms in total.